The predicted molar refractivity (Wildman–Crippen MR) is 109 cm³/mol. The quantitative estimate of drug-likeness (QED) is 0.551. The van der Waals surface area contributed by atoms with Gasteiger partial charge in [0.15, 0.2) is 6.10 Å². The van der Waals surface area contributed by atoms with Gasteiger partial charge in [0.25, 0.3) is 5.91 Å². The molecule has 0 aliphatic carbocycles. The van der Waals surface area contributed by atoms with Crippen molar-refractivity contribution in [1.82, 2.24) is 0 Å². The monoisotopic (exact) mass is 383 g/mol. The molecule has 0 radical (unpaired) electrons. The highest BCUT2D eigenvalue weighted by atomic mass is 16.5. The zero-order valence-electron chi connectivity index (χ0n) is 16.5. The van der Waals surface area contributed by atoms with Crippen molar-refractivity contribution in [2.24, 2.45) is 0 Å². The molecule has 148 valence electrons. The fourth-order valence-electron chi connectivity index (χ4n) is 2.48. The predicted octanol–water partition coefficient (Wildman–Crippen LogP) is 3.99. The number of esters is 1. The number of anilines is 1. The van der Waals surface area contributed by atoms with Gasteiger partial charge in [-0.1, -0.05) is 24.3 Å². The van der Waals surface area contributed by atoms with Gasteiger partial charge in [-0.25, -0.2) is 4.79 Å². The van der Waals surface area contributed by atoms with Crippen LogP contribution in [0.15, 0.2) is 48.5 Å². The second-order valence-corrected chi connectivity index (χ2v) is 6.08. The molecule has 2 rings (SSSR count). The van der Waals surface area contributed by atoms with E-state index in [-0.39, 0.29) is 0 Å². The molecule has 1 atom stereocenters. The van der Waals surface area contributed by atoms with E-state index in [1.165, 1.54) is 20.1 Å². The molecular formula is C22H25NO5. The first-order valence-electron chi connectivity index (χ1n) is 9.00. The van der Waals surface area contributed by atoms with Crippen LogP contribution in [-0.4, -0.2) is 31.7 Å². The minimum absolute atomic E-state index is 0.444. The number of para-hydroxylation sites is 1. The number of rotatable bonds is 8. The van der Waals surface area contributed by atoms with Crippen molar-refractivity contribution < 1.29 is 23.8 Å². The van der Waals surface area contributed by atoms with E-state index in [4.69, 9.17) is 14.2 Å². The van der Waals surface area contributed by atoms with Gasteiger partial charge >= 0.3 is 5.97 Å². The summed E-state index contributed by atoms with van der Waals surface area (Å²) < 4.78 is 15.9. The lowest BCUT2D eigenvalue weighted by molar-refractivity contribution is -0.148. The maximum atomic E-state index is 12.4. The van der Waals surface area contributed by atoms with E-state index in [0.29, 0.717) is 23.8 Å². The summed E-state index contributed by atoms with van der Waals surface area (Å²) in [5.41, 5.74) is 2.25. The van der Waals surface area contributed by atoms with Gasteiger partial charge in [-0.05, 0) is 50.6 Å². The van der Waals surface area contributed by atoms with Crippen LogP contribution in [0.1, 0.15) is 25.0 Å². The minimum Gasteiger partial charge on any atom is -0.495 e. The number of methoxy groups -OCH3 is 1. The molecular weight excluding hydrogens is 358 g/mol. The number of benzene rings is 2. The van der Waals surface area contributed by atoms with E-state index >= 15 is 0 Å². The van der Waals surface area contributed by atoms with Crippen molar-refractivity contribution in [3.8, 4) is 11.5 Å². The van der Waals surface area contributed by atoms with Crippen LogP contribution in [0.4, 0.5) is 5.69 Å². The molecule has 6 heteroatoms. The van der Waals surface area contributed by atoms with Crippen molar-refractivity contribution in [2.75, 3.05) is 19.0 Å². The van der Waals surface area contributed by atoms with E-state index in [9.17, 15) is 9.59 Å². The Hall–Kier alpha value is -3.28. The van der Waals surface area contributed by atoms with Crippen molar-refractivity contribution in [3.05, 3.63) is 59.7 Å². The number of hydrogen-bond acceptors (Lipinski definition) is 5. The summed E-state index contributed by atoms with van der Waals surface area (Å²) >= 11 is 0. The molecule has 0 fully saturated rings. The second-order valence-electron chi connectivity index (χ2n) is 6.08. The van der Waals surface area contributed by atoms with Gasteiger partial charge in [0.1, 0.15) is 11.5 Å². The third kappa shape index (κ3) is 5.87. The standard InChI is InChI=1S/C22H25NO5/c1-5-27-19-9-7-6-8-17(19)11-13-21(24)28-16(3)22(25)23-18-14-15(2)10-12-20(18)26-4/h6-14,16H,5H2,1-4H3,(H,23,25)/b13-11+/t16-/m1/s1. The summed E-state index contributed by atoms with van der Waals surface area (Å²) in [6.07, 6.45) is 1.90. The Morgan fingerprint density at radius 1 is 1.14 bits per heavy atom. The first kappa shape index (κ1) is 21.0. The fourth-order valence-corrected chi connectivity index (χ4v) is 2.48. The van der Waals surface area contributed by atoms with Gasteiger partial charge in [-0.2, -0.15) is 0 Å². The summed E-state index contributed by atoms with van der Waals surface area (Å²) in [5, 5.41) is 2.72. The average Bonchev–Trinajstić information content (AvgIpc) is 2.67. The molecule has 0 unspecified atom stereocenters. The van der Waals surface area contributed by atoms with Crippen LogP contribution in [-0.2, 0) is 14.3 Å². The first-order valence-corrected chi connectivity index (χ1v) is 9.00. The molecule has 28 heavy (non-hydrogen) atoms. The average molecular weight is 383 g/mol. The fraction of sp³-hybridized carbons (Fsp3) is 0.273. The summed E-state index contributed by atoms with van der Waals surface area (Å²) in [7, 11) is 1.52. The van der Waals surface area contributed by atoms with Crippen LogP contribution in [0.2, 0.25) is 0 Å². The van der Waals surface area contributed by atoms with Crippen LogP contribution in [0.5, 0.6) is 11.5 Å². The number of amides is 1. The molecule has 0 bridgehead atoms. The topological polar surface area (TPSA) is 73.9 Å². The summed E-state index contributed by atoms with van der Waals surface area (Å²) in [6, 6.07) is 12.8. The van der Waals surface area contributed by atoms with Crippen LogP contribution in [0, 0.1) is 6.92 Å². The number of carbonyl (C=O) groups excluding carboxylic acids is 2. The Bertz CT molecular complexity index is 860. The van der Waals surface area contributed by atoms with E-state index < -0.39 is 18.0 Å². The van der Waals surface area contributed by atoms with Gasteiger partial charge in [-0.15, -0.1) is 0 Å². The number of ether oxygens (including phenoxy) is 3. The Kier molecular flexibility index (Phi) is 7.63. The summed E-state index contributed by atoms with van der Waals surface area (Å²) in [4.78, 5) is 24.4. The van der Waals surface area contributed by atoms with Crippen LogP contribution in [0.3, 0.4) is 0 Å². The molecule has 0 saturated carbocycles. The maximum Gasteiger partial charge on any atom is 0.331 e. The summed E-state index contributed by atoms with van der Waals surface area (Å²) in [5.74, 6) is 0.141. The highest BCUT2D eigenvalue weighted by Crippen LogP contribution is 2.25. The molecule has 0 spiro atoms. The maximum absolute atomic E-state index is 12.4. The molecule has 1 amide bonds. The number of nitrogens with one attached hydrogen (secondary N) is 1. The second kappa shape index (κ2) is 10.2. The molecule has 0 saturated heterocycles. The highest BCUT2D eigenvalue weighted by molar-refractivity contribution is 5.97. The van der Waals surface area contributed by atoms with E-state index in [2.05, 4.69) is 5.32 Å². The molecule has 0 aliphatic heterocycles. The third-order valence-electron chi connectivity index (χ3n) is 3.89. The van der Waals surface area contributed by atoms with E-state index in [0.717, 1.165) is 11.1 Å². The van der Waals surface area contributed by atoms with Gasteiger partial charge in [0.2, 0.25) is 0 Å². The highest BCUT2D eigenvalue weighted by Gasteiger charge is 2.18. The molecule has 1 N–H and O–H groups in total. The Morgan fingerprint density at radius 2 is 1.89 bits per heavy atom. The van der Waals surface area contributed by atoms with Gasteiger partial charge in [-0.3, -0.25) is 4.79 Å². The minimum atomic E-state index is -0.968. The van der Waals surface area contributed by atoms with Crippen molar-refractivity contribution in [2.45, 2.75) is 26.9 Å². The Balaban J connectivity index is 1.98. The first-order chi connectivity index (χ1) is 13.4. The lowest BCUT2D eigenvalue weighted by Crippen LogP contribution is -2.29. The van der Waals surface area contributed by atoms with E-state index in [1.54, 1.807) is 18.2 Å². The van der Waals surface area contributed by atoms with Gasteiger partial charge in [0.05, 0.1) is 19.4 Å². The SMILES string of the molecule is CCOc1ccccc1/C=C/C(=O)O[C@H](C)C(=O)Nc1cc(C)ccc1OC. The van der Waals surface area contributed by atoms with Crippen molar-refractivity contribution >= 4 is 23.6 Å². The largest absolute Gasteiger partial charge is 0.495 e. The molecule has 0 heterocycles. The Labute approximate surface area is 165 Å². The van der Waals surface area contributed by atoms with E-state index in [1.807, 2.05) is 44.2 Å². The molecule has 0 aliphatic rings. The van der Waals surface area contributed by atoms with Crippen molar-refractivity contribution in [1.29, 1.82) is 0 Å². The number of hydrogen-bond donors (Lipinski definition) is 1. The molecule has 2 aromatic rings. The number of aryl methyl sites for hydroxylation is 1. The van der Waals surface area contributed by atoms with Crippen molar-refractivity contribution in [3.63, 3.8) is 0 Å². The lowest BCUT2D eigenvalue weighted by atomic mass is 10.2. The summed E-state index contributed by atoms with van der Waals surface area (Å²) in [6.45, 7) is 5.83. The zero-order chi connectivity index (χ0) is 20.5. The lowest BCUT2D eigenvalue weighted by Gasteiger charge is -2.15. The third-order valence-corrected chi connectivity index (χ3v) is 3.89. The van der Waals surface area contributed by atoms with Gasteiger partial charge in [0, 0.05) is 11.6 Å². The molecule has 0 aromatic heterocycles. The van der Waals surface area contributed by atoms with Crippen LogP contribution >= 0.6 is 0 Å². The Morgan fingerprint density at radius 3 is 2.61 bits per heavy atom. The van der Waals surface area contributed by atoms with Gasteiger partial charge < -0.3 is 19.5 Å². The van der Waals surface area contributed by atoms with Crippen LogP contribution < -0.4 is 14.8 Å². The molecule has 6 nitrogen and oxygen atoms in total. The smallest absolute Gasteiger partial charge is 0.331 e. The van der Waals surface area contributed by atoms with Crippen LogP contribution in [0.25, 0.3) is 6.08 Å². The normalized spacial score (nSPS) is 11.7. The number of carbonyl (C=O) groups is 2. The molecule has 2 aromatic carbocycles. The zero-order valence-corrected chi connectivity index (χ0v) is 16.5.